The summed E-state index contributed by atoms with van der Waals surface area (Å²) in [4.78, 5) is 19.2. The molecule has 0 aliphatic rings. The highest BCUT2D eigenvalue weighted by Crippen LogP contribution is 2.30. The molecule has 0 unspecified atom stereocenters. The normalized spacial score (nSPS) is 10.3. The van der Waals surface area contributed by atoms with Crippen molar-refractivity contribution in [3.05, 3.63) is 41.5 Å². The molecule has 0 fully saturated rings. The van der Waals surface area contributed by atoms with Crippen LogP contribution in [0.3, 0.4) is 0 Å². The Balaban J connectivity index is 2.68. The molecule has 5 heteroatoms. The number of aryl methyl sites for hydroxylation is 2. The summed E-state index contributed by atoms with van der Waals surface area (Å²) < 4.78 is 5.15. The van der Waals surface area contributed by atoms with E-state index in [1.54, 1.807) is 20.1 Å². The highest BCUT2D eigenvalue weighted by molar-refractivity contribution is 5.95. The van der Waals surface area contributed by atoms with Crippen molar-refractivity contribution in [1.82, 2.24) is 9.97 Å². The van der Waals surface area contributed by atoms with Gasteiger partial charge in [-0.2, -0.15) is 0 Å². The maximum Gasteiger partial charge on any atom is 0.355 e. The third kappa shape index (κ3) is 2.40. The van der Waals surface area contributed by atoms with Gasteiger partial charge in [-0.3, -0.25) is 0 Å². The zero-order valence-electron chi connectivity index (χ0n) is 11.0. The average molecular weight is 258 g/mol. The molecular weight excluding hydrogens is 244 g/mol. The molecule has 0 atom stereocenters. The van der Waals surface area contributed by atoms with Crippen LogP contribution in [0.25, 0.3) is 11.1 Å². The molecular formula is C14H14N2O3. The molecule has 2 aromatic rings. The lowest BCUT2D eigenvalue weighted by Gasteiger charge is -2.12. The Bertz CT molecular complexity index is 639. The predicted molar refractivity (Wildman–Crippen MR) is 70.5 cm³/mol. The van der Waals surface area contributed by atoms with Crippen molar-refractivity contribution in [3.63, 3.8) is 0 Å². The van der Waals surface area contributed by atoms with Gasteiger partial charge in [-0.15, -0.1) is 0 Å². The molecule has 0 bridgehead atoms. The van der Waals surface area contributed by atoms with Gasteiger partial charge in [-0.25, -0.2) is 14.8 Å². The number of hydrogen-bond acceptors (Lipinski definition) is 4. The summed E-state index contributed by atoms with van der Waals surface area (Å²) in [6, 6.07) is 5.47. The molecule has 0 aliphatic carbocycles. The number of carbonyl (C=O) groups is 1. The van der Waals surface area contributed by atoms with E-state index in [1.807, 2.05) is 19.1 Å². The molecule has 0 amide bonds. The van der Waals surface area contributed by atoms with Crippen molar-refractivity contribution in [3.8, 4) is 16.9 Å². The molecule has 0 spiro atoms. The van der Waals surface area contributed by atoms with Gasteiger partial charge in [0.2, 0.25) is 0 Å². The van der Waals surface area contributed by atoms with Crippen LogP contribution in [0.5, 0.6) is 5.75 Å². The van der Waals surface area contributed by atoms with Gasteiger partial charge in [0.25, 0.3) is 0 Å². The van der Waals surface area contributed by atoms with Gasteiger partial charge in [-0.1, -0.05) is 6.07 Å². The summed E-state index contributed by atoms with van der Waals surface area (Å²) in [5, 5.41) is 9.23. The van der Waals surface area contributed by atoms with Crippen molar-refractivity contribution in [2.24, 2.45) is 0 Å². The van der Waals surface area contributed by atoms with Gasteiger partial charge < -0.3 is 9.84 Å². The van der Waals surface area contributed by atoms with Crippen LogP contribution in [0.2, 0.25) is 0 Å². The number of hydrogen-bond donors (Lipinski definition) is 1. The molecule has 1 aromatic heterocycles. The molecule has 0 saturated carbocycles. The van der Waals surface area contributed by atoms with Crippen LogP contribution in [0.15, 0.2) is 24.5 Å². The van der Waals surface area contributed by atoms with E-state index in [2.05, 4.69) is 9.97 Å². The number of nitrogens with zero attached hydrogens (tertiary/aromatic N) is 2. The van der Waals surface area contributed by atoms with E-state index in [0.717, 1.165) is 16.9 Å². The first kappa shape index (κ1) is 13.0. The number of aromatic nitrogens is 2. The summed E-state index contributed by atoms with van der Waals surface area (Å²) in [6.07, 6.45) is 1.27. The van der Waals surface area contributed by atoms with Crippen LogP contribution in [-0.2, 0) is 0 Å². The Hall–Kier alpha value is -2.43. The quantitative estimate of drug-likeness (QED) is 0.915. The van der Waals surface area contributed by atoms with Gasteiger partial charge in [0.1, 0.15) is 12.1 Å². The lowest BCUT2D eigenvalue weighted by Crippen LogP contribution is -2.06. The molecule has 1 heterocycles. The van der Waals surface area contributed by atoms with Crippen LogP contribution >= 0.6 is 0 Å². The molecule has 1 aromatic carbocycles. The first-order chi connectivity index (χ1) is 9.04. The zero-order chi connectivity index (χ0) is 14.0. The summed E-state index contributed by atoms with van der Waals surface area (Å²) >= 11 is 0. The van der Waals surface area contributed by atoms with E-state index < -0.39 is 5.97 Å². The maximum absolute atomic E-state index is 11.3. The molecule has 98 valence electrons. The summed E-state index contributed by atoms with van der Waals surface area (Å²) in [7, 11) is 1.59. The molecule has 0 saturated heterocycles. The third-order valence-electron chi connectivity index (χ3n) is 2.94. The van der Waals surface area contributed by atoms with Crippen LogP contribution in [-0.4, -0.2) is 28.2 Å². The molecule has 5 nitrogen and oxygen atoms in total. The number of aromatic carboxylic acids is 1. The van der Waals surface area contributed by atoms with Crippen molar-refractivity contribution in [2.75, 3.05) is 7.11 Å². The monoisotopic (exact) mass is 258 g/mol. The van der Waals surface area contributed by atoms with Gasteiger partial charge >= 0.3 is 5.97 Å². The second-order valence-corrected chi connectivity index (χ2v) is 4.17. The van der Waals surface area contributed by atoms with Crippen molar-refractivity contribution >= 4 is 5.97 Å². The van der Waals surface area contributed by atoms with Gasteiger partial charge in [0.05, 0.1) is 7.11 Å². The highest BCUT2D eigenvalue weighted by Gasteiger charge is 2.18. The molecule has 19 heavy (non-hydrogen) atoms. The summed E-state index contributed by atoms with van der Waals surface area (Å²) in [6.45, 7) is 3.67. The third-order valence-corrected chi connectivity index (χ3v) is 2.94. The second-order valence-electron chi connectivity index (χ2n) is 4.17. The van der Waals surface area contributed by atoms with E-state index in [4.69, 9.17) is 4.74 Å². The van der Waals surface area contributed by atoms with Crippen molar-refractivity contribution in [1.29, 1.82) is 0 Å². The summed E-state index contributed by atoms with van der Waals surface area (Å²) in [5.74, 6) is -0.330. The van der Waals surface area contributed by atoms with Crippen LogP contribution in [0, 0.1) is 13.8 Å². The maximum atomic E-state index is 11.3. The predicted octanol–water partition coefficient (Wildman–Crippen LogP) is 2.47. The number of benzene rings is 1. The number of carboxylic acids is 1. The number of rotatable bonds is 3. The Morgan fingerprint density at radius 3 is 2.58 bits per heavy atom. The van der Waals surface area contributed by atoms with E-state index in [1.165, 1.54) is 6.33 Å². The highest BCUT2D eigenvalue weighted by atomic mass is 16.5. The zero-order valence-corrected chi connectivity index (χ0v) is 11.0. The largest absolute Gasteiger partial charge is 0.497 e. The Morgan fingerprint density at radius 1 is 1.26 bits per heavy atom. The first-order valence-electron chi connectivity index (χ1n) is 5.74. The van der Waals surface area contributed by atoms with E-state index in [0.29, 0.717) is 11.3 Å². The minimum atomic E-state index is -1.06. The average Bonchev–Trinajstić information content (AvgIpc) is 2.38. The minimum Gasteiger partial charge on any atom is -0.497 e. The smallest absolute Gasteiger partial charge is 0.355 e. The topological polar surface area (TPSA) is 72.3 Å². The fraction of sp³-hybridized carbons (Fsp3) is 0.214. The summed E-state index contributed by atoms with van der Waals surface area (Å²) in [5.41, 5.74) is 2.92. The Labute approximate surface area is 110 Å². The SMILES string of the molecule is COc1ccc(-c2c(C)ncnc2C(=O)O)c(C)c1. The number of methoxy groups -OCH3 is 1. The van der Waals surface area contributed by atoms with E-state index in [9.17, 15) is 9.90 Å². The first-order valence-corrected chi connectivity index (χ1v) is 5.74. The molecule has 2 rings (SSSR count). The lowest BCUT2D eigenvalue weighted by molar-refractivity contribution is 0.0691. The fourth-order valence-electron chi connectivity index (χ4n) is 2.00. The van der Waals surface area contributed by atoms with E-state index in [-0.39, 0.29) is 5.69 Å². The number of ether oxygens (including phenoxy) is 1. The van der Waals surface area contributed by atoms with Gasteiger partial charge in [0.15, 0.2) is 5.69 Å². The van der Waals surface area contributed by atoms with E-state index >= 15 is 0 Å². The van der Waals surface area contributed by atoms with Gasteiger partial charge in [0, 0.05) is 11.3 Å². The molecule has 1 N–H and O–H groups in total. The molecule has 0 aliphatic heterocycles. The Morgan fingerprint density at radius 2 is 2.00 bits per heavy atom. The fourth-order valence-corrected chi connectivity index (χ4v) is 2.00. The van der Waals surface area contributed by atoms with Gasteiger partial charge in [-0.05, 0) is 37.1 Å². The molecule has 0 radical (unpaired) electrons. The minimum absolute atomic E-state index is 0.0146. The van der Waals surface area contributed by atoms with Crippen LogP contribution in [0.4, 0.5) is 0 Å². The second kappa shape index (κ2) is 5.06. The van der Waals surface area contributed by atoms with Crippen molar-refractivity contribution in [2.45, 2.75) is 13.8 Å². The van der Waals surface area contributed by atoms with Crippen LogP contribution < -0.4 is 4.74 Å². The Kier molecular flexibility index (Phi) is 3.46. The standard InChI is InChI=1S/C14H14N2O3/c1-8-6-10(19-3)4-5-11(8)12-9(2)15-7-16-13(12)14(17)18/h4-7H,1-3H3,(H,17,18). The number of carboxylic acid groups (broad SMARTS) is 1. The van der Waals surface area contributed by atoms with Crippen molar-refractivity contribution < 1.29 is 14.6 Å². The van der Waals surface area contributed by atoms with Crippen LogP contribution in [0.1, 0.15) is 21.7 Å². The lowest BCUT2D eigenvalue weighted by atomic mass is 9.97.